The molecular weight excluding hydrogens is 254 g/mol. The van der Waals surface area contributed by atoms with Gasteiger partial charge in [-0.25, -0.2) is 0 Å². The average molecular weight is 269 g/mol. The maximum atomic E-state index is 5.39. The number of nitrogens with one attached hydrogen (secondary N) is 1. The number of thiocarbonyl (C=S) groups is 1. The van der Waals surface area contributed by atoms with Crippen molar-refractivity contribution in [1.82, 2.24) is 15.2 Å². The minimum Gasteiger partial charge on any atom is -0.353 e. The first kappa shape index (κ1) is 12.1. The Morgan fingerprint density at radius 1 is 1.11 bits per heavy atom. The van der Waals surface area contributed by atoms with Crippen LogP contribution in [0, 0.1) is 0 Å². The largest absolute Gasteiger partial charge is 0.353 e. The Hall–Kier alpha value is -1.94. The molecule has 1 aliphatic heterocycles. The Labute approximate surface area is 118 Å². The van der Waals surface area contributed by atoms with E-state index in [1.54, 1.807) is 6.20 Å². The highest BCUT2D eigenvalue weighted by atomic mass is 32.1. The van der Waals surface area contributed by atoms with Crippen molar-refractivity contribution in [2.45, 2.75) is 12.1 Å². The van der Waals surface area contributed by atoms with Crippen molar-refractivity contribution in [3.8, 4) is 0 Å². The summed E-state index contributed by atoms with van der Waals surface area (Å²) in [4.78, 5) is 6.32. The van der Waals surface area contributed by atoms with Crippen LogP contribution >= 0.6 is 12.2 Å². The molecule has 1 N–H and O–H groups in total. The van der Waals surface area contributed by atoms with Crippen molar-refractivity contribution in [3.63, 3.8) is 0 Å². The molecule has 96 valence electrons. The molecular formula is C15H15N3S. The summed E-state index contributed by atoms with van der Waals surface area (Å²) in [5.41, 5.74) is 2.41. The van der Waals surface area contributed by atoms with E-state index < -0.39 is 0 Å². The average Bonchev–Trinajstić information content (AvgIpc) is 2.77. The normalized spacial score (nSPS) is 22.4. The minimum absolute atomic E-state index is 0.169. The van der Waals surface area contributed by atoms with E-state index >= 15 is 0 Å². The van der Waals surface area contributed by atoms with Gasteiger partial charge in [0.15, 0.2) is 5.11 Å². The lowest BCUT2D eigenvalue weighted by molar-refractivity contribution is 0.371. The predicted molar refractivity (Wildman–Crippen MR) is 79.7 cm³/mol. The van der Waals surface area contributed by atoms with E-state index in [2.05, 4.69) is 45.5 Å². The second kappa shape index (κ2) is 4.97. The minimum atomic E-state index is 0.169. The number of hydrogen-bond donors (Lipinski definition) is 1. The summed E-state index contributed by atoms with van der Waals surface area (Å²) in [5, 5.41) is 4.18. The number of pyridine rings is 1. The second-order valence-corrected chi connectivity index (χ2v) is 5.07. The Morgan fingerprint density at radius 3 is 2.53 bits per heavy atom. The molecule has 1 fully saturated rings. The Kier molecular flexibility index (Phi) is 3.17. The molecule has 2 heterocycles. The highest BCUT2D eigenvalue weighted by Crippen LogP contribution is 2.37. The summed E-state index contributed by atoms with van der Waals surface area (Å²) in [6.45, 7) is 0. The third-order valence-electron chi connectivity index (χ3n) is 3.52. The van der Waals surface area contributed by atoms with Crippen molar-refractivity contribution in [1.29, 1.82) is 0 Å². The van der Waals surface area contributed by atoms with E-state index in [-0.39, 0.29) is 12.1 Å². The molecule has 0 spiro atoms. The molecule has 1 aromatic carbocycles. The molecule has 0 saturated carbocycles. The van der Waals surface area contributed by atoms with Gasteiger partial charge in [0.1, 0.15) is 0 Å². The Balaban J connectivity index is 2.01. The standard InChI is InChI=1S/C15H15N3S/c1-18-14(12-8-5-9-16-10-12)13(17-15(18)19)11-6-3-2-4-7-11/h2-10,13-14H,1H3,(H,17,19)/t13-,14+/m0/s1. The van der Waals surface area contributed by atoms with Gasteiger partial charge in [-0.2, -0.15) is 0 Å². The van der Waals surface area contributed by atoms with Gasteiger partial charge in [0.05, 0.1) is 12.1 Å². The summed E-state index contributed by atoms with van der Waals surface area (Å²) in [7, 11) is 2.02. The van der Waals surface area contributed by atoms with E-state index in [9.17, 15) is 0 Å². The first-order valence-electron chi connectivity index (χ1n) is 6.25. The Morgan fingerprint density at radius 2 is 1.84 bits per heavy atom. The summed E-state index contributed by atoms with van der Waals surface area (Å²) >= 11 is 5.39. The highest BCUT2D eigenvalue weighted by Gasteiger charge is 2.36. The molecule has 0 unspecified atom stereocenters. The zero-order chi connectivity index (χ0) is 13.2. The van der Waals surface area contributed by atoms with E-state index in [4.69, 9.17) is 12.2 Å². The number of benzene rings is 1. The maximum Gasteiger partial charge on any atom is 0.169 e. The molecule has 19 heavy (non-hydrogen) atoms. The lowest BCUT2D eigenvalue weighted by Gasteiger charge is -2.24. The van der Waals surface area contributed by atoms with Gasteiger partial charge in [-0.1, -0.05) is 36.4 Å². The number of nitrogens with zero attached hydrogens (tertiary/aromatic N) is 2. The zero-order valence-electron chi connectivity index (χ0n) is 10.7. The van der Waals surface area contributed by atoms with Crippen LogP contribution in [0.3, 0.4) is 0 Å². The molecule has 1 aliphatic rings. The van der Waals surface area contributed by atoms with Gasteiger partial charge in [-0.3, -0.25) is 4.98 Å². The van der Waals surface area contributed by atoms with Crippen molar-refractivity contribution >= 4 is 17.3 Å². The molecule has 0 aliphatic carbocycles. The van der Waals surface area contributed by atoms with Gasteiger partial charge in [0, 0.05) is 19.4 Å². The van der Waals surface area contributed by atoms with Gasteiger partial charge in [0.2, 0.25) is 0 Å². The molecule has 2 aromatic rings. The van der Waals surface area contributed by atoms with Gasteiger partial charge in [0.25, 0.3) is 0 Å². The molecule has 3 nitrogen and oxygen atoms in total. The van der Waals surface area contributed by atoms with Crippen LogP contribution in [0.25, 0.3) is 0 Å². The van der Waals surface area contributed by atoms with Gasteiger partial charge >= 0.3 is 0 Å². The van der Waals surface area contributed by atoms with Crippen LogP contribution < -0.4 is 5.32 Å². The van der Waals surface area contributed by atoms with Crippen LogP contribution in [0.1, 0.15) is 23.2 Å². The second-order valence-electron chi connectivity index (χ2n) is 4.68. The topological polar surface area (TPSA) is 28.2 Å². The molecule has 4 heteroatoms. The van der Waals surface area contributed by atoms with Crippen LogP contribution in [0.2, 0.25) is 0 Å². The number of hydrogen-bond acceptors (Lipinski definition) is 2. The third kappa shape index (κ3) is 2.19. The van der Waals surface area contributed by atoms with E-state index in [1.807, 2.05) is 25.4 Å². The summed E-state index contributed by atoms with van der Waals surface area (Å²) < 4.78 is 0. The SMILES string of the molecule is CN1C(=S)N[C@@H](c2ccccc2)[C@H]1c1cccnc1. The monoisotopic (exact) mass is 269 g/mol. The molecule has 2 atom stereocenters. The van der Waals surface area contributed by atoms with Crippen molar-refractivity contribution in [2.24, 2.45) is 0 Å². The van der Waals surface area contributed by atoms with Crippen LogP contribution in [0.5, 0.6) is 0 Å². The van der Waals surface area contributed by atoms with Gasteiger partial charge < -0.3 is 10.2 Å². The van der Waals surface area contributed by atoms with Crippen LogP contribution in [-0.2, 0) is 0 Å². The molecule has 0 bridgehead atoms. The number of rotatable bonds is 2. The number of aromatic nitrogens is 1. The van der Waals surface area contributed by atoms with Gasteiger partial charge in [-0.15, -0.1) is 0 Å². The highest BCUT2D eigenvalue weighted by molar-refractivity contribution is 7.80. The van der Waals surface area contributed by atoms with Gasteiger partial charge in [-0.05, 0) is 29.4 Å². The van der Waals surface area contributed by atoms with E-state index in [1.165, 1.54) is 11.1 Å². The first-order valence-corrected chi connectivity index (χ1v) is 6.66. The van der Waals surface area contributed by atoms with Crippen LogP contribution in [0.4, 0.5) is 0 Å². The summed E-state index contributed by atoms with van der Waals surface area (Å²) in [5.74, 6) is 0. The van der Waals surface area contributed by atoms with Crippen LogP contribution in [0.15, 0.2) is 54.9 Å². The summed E-state index contributed by atoms with van der Waals surface area (Å²) in [6, 6.07) is 14.8. The fourth-order valence-corrected chi connectivity index (χ4v) is 2.80. The third-order valence-corrected chi connectivity index (χ3v) is 3.92. The van der Waals surface area contributed by atoms with Crippen molar-refractivity contribution < 1.29 is 0 Å². The molecule has 3 rings (SSSR count). The fraction of sp³-hybridized carbons (Fsp3) is 0.200. The molecule has 1 saturated heterocycles. The zero-order valence-corrected chi connectivity index (χ0v) is 11.5. The molecule has 1 aromatic heterocycles. The fourth-order valence-electron chi connectivity index (χ4n) is 2.56. The molecule has 0 amide bonds. The van der Waals surface area contributed by atoms with Crippen molar-refractivity contribution in [3.05, 3.63) is 66.0 Å². The van der Waals surface area contributed by atoms with E-state index in [0.29, 0.717) is 0 Å². The lowest BCUT2D eigenvalue weighted by Crippen LogP contribution is -2.24. The van der Waals surface area contributed by atoms with Crippen molar-refractivity contribution in [2.75, 3.05) is 7.05 Å². The maximum absolute atomic E-state index is 5.39. The quantitative estimate of drug-likeness (QED) is 0.849. The lowest BCUT2D eigenvalue weighted by atomic mass is 9.95. The summed E-state index contributed by atoms with van der Waals surface area (Å²) in [6.07, 6.45) is 3.70. The first-order chi connectivity index (χ1) is 9.27. The smallest absolute Gasteiger partial charge is 0.169 e. The van der Waals surface area contributed by atoms with Crippen LogP contribution in [-0.4, -0.2) is 22.0 Å². The number of likely N-dealkylation sites (N-methyl/N-ethyl adjacent to an activating group) is 1. The van der Waals surface area contributed by atoms with E-state index in [0.717, 1.165) is 5.11 Å². The Bertz CT molecular complexity index is 570. The predicted octanol–water partition coefficient (Wildman–Crippen LogP) is 2.68. The molecule has 0 radical (unpaired) electrons.